The predicted molar refractivity (Wildman–Crippen MR) is 89.9 cm³/mol. The van der Waals surface area contributed by atoms with Crippen LogP contribution in [0.1, 0.15) is 62.2 Å². The van der Waals surface area contributed by atoms with Crippen molar-refractivity contribution in [3.05, 3.63) is 23.8 Å². The lowest BCUT2D eigenvalue weighted by atomic mass is 10.1. The number of carbonyl (C=O) groups is 1. The SMILES string of the molecule is CCCCCCCCCNC(=O)c1ccc(OC)c(OC)c1. The van der Waals surface area contributed by atoms with Gasteiger partial charge in [0.15, 0.2) is 11.5 Å². The van der Waals surface area contributed by atoms with E-state index in [9.17, 15) is 4.79 Å². The largest absolute Gasteiger partial charge is 0.493 e. The molecule has 1 N–H and O–H groups in total. The van der Waals surface area contributed by atoms with Gasteiger partial charge in [-0.15, -0.1) is 0 Å². The summed E-state index contributed by atoms with van der Waals surface area (Å²) in [5.74, 6) is 1.14. The van der Waals surface area contributed by atoms with Gasteiger partial charge in [0, 0.05) is 12.1 Å². The third-order valence-corrected chi connectivity index (χ3v) is 3.71. The first-order valence-electron chi connectivity index (χ1n) is 8.23. The summed E-state index contributed by atoms with van der Waals surface area (Å²) >= 11 is 0. The van der Waals surface area contributed by atoms with Crippen LogP contribution in [0.2, 0.25) is 0 Å². The maximum Gasteiger partial charge on any atom is 0.251 e. The second kappa shape index (κ2) is 10.9. The van der Waals surface area contributed by atoms with Gasteiger partial charge in [0.05, 0.1) is 14.2 Å². The van der Waals surface area contributed by atoms with Crippen LogP contribution in [0.3, 0.4) is 0 Å². The van der Waals surface area contributed by atoms with E-state index in [1.807, 2.05) is 0 Å². The first kappa shape index (κ1) is 18.3. The van der Waals surface area contributed by atoms with Crippen molar-refractivity contribution in [3.8, 4) is 11.5 Å². The molecule has 1 rings (SSSR count). The Labute approximate surface area is 134 Å². The number of benzene rings is 1. The highest BCUT2D eigenvalue weighted by molar-refractivity contribution is 5.94. The Morgan fingerprint density at radius 3 is 2.23 bits per heavy atom. The van der Waals surface area contributed by atoms with Crippen LogP contribution in [0.25, 0.3) is 0 Å². The number of carbonyl (C=O) groups excluding carboxylic acids is 1. The van der Waals surface area contributed by atoms with E-state index >= 15 is 0 Å². The molecule has 0 bridgehead atoms. The lowest BCUT2D eigenvalue weighted by molar-refractivity contribution is 0.0952. The molecule has 0 aromatic heterocycles. The Kier molecular flexibility index (Phi) is 9.12. The maximum absolute atomic E-state index is 12.1. The molecule has 1 aromatic carbocycles. The van der Waals surface area contributed by atoms with Crippen molar-refractivity contribution >= 4 is 5.91 Å². The highest BCUT2D eigenvalue weighted by Crippen LogP contribution is 2.27. The zero-order valence-electron chi connectivity index (χ0n) is 14.1. The summed E-state index contributed by atoms with van der Waals surface area (Å²) < 4.78 is 10.4. The lowest BCUT2D eigenvalue weighted by Gasteiger charge is -2.10. The molecule has 4 nitrogen and oxygen atoms in total. The molecule has 1 amide bonds. The van der Waals surface area contributed by atoms with E-state index in [0.717, 1.165) is 13.0 Å². The number of ether oxygens (including phenoxy) is 2. The van der Waals surface area contributed by atoms with E-state index in [4.69, 9.17) is 9.47 Å². The molecule has 0 radical (unpaired) electrons. The molecule has 0 spiro atoms. The van der Waals surface area contributed by atoms with Gasteiger partial charge >= 0.3 is 0 Å². The Morgan fingerprint density at radius 1 is 0.955 bits per heavy atom. The monoisotopic (exact) mass is 307 g/mol. The minimum absolute atomic E-state index is 0.0630. The van der Waals surface area contributed by atoms with E-state index in [1.54, 1.807) is 32.4 Å². The van der Waals surface area contributed by atoms with E-state index in [2.05, 4.69) is 12.2 Å². The van der Waals surface area contributed by atoms with E-state index in [-0.39, 0.29) is 5.91 Å². The zero-order valence-corrected chi connectivity index (χ0v) is 14.1. The highest BCUT2D eigenvalue weighted by atomic mass is 16.5. The number of rotatable bonds is 11. The molecule has 0 saturated heterocycles. The Morgan fingerprint density at radius 2 is 1.59 bits per heavy atom. The molecule has 0 fully saturated rings. The topological polar surface area (TPSA) is 47.6 Å². The van der Waals surface area contributed by atoms with Crippen molar-refractivity contribution in [2.24, 2.45) is 0 Å². The summed E-state index contributed by atoms with van der Waals surface area (Å²) in [7, 11) is 3.15. The number of nitrogens with one attached hydrogen (secondary N) is 1. The van der Waals surface area contributed by atoms with Crippen LogP contribution in [0.4, 0.5) is 0 Å². The van der Waals surface area contributed by atoms with Gasteiger partial charge in [-0.1, -0.05) is 45.4 Å². The molecular weight excluding hydrogens is 278 g/mol. The summed E-state index contributed by atoms with van der Waals surface area (Å²) in [6.45, 7) is 2.95. The van der Waals surface area contributed by atoms with Crippen LogP contribution in [0.5, 0.6) is 11.5 Å². The standard InChI is InChI=1S/C18H29NO3/c1-4-5-6-7-8-9-10-13-19-18(20)15-11-12-16(21-2)17(14-15)22-3/h11-12,14H,4-10,13H2,1-3H3,(H,19,20). The zero-order chi connectivity index (χ0) is 16.2. The van der Waals surface area contributed by atoms with E-state index in [1.165, 1.54) is 38.5 Å². The normalized spacial score (nSPS) is 10.3. The number of hydrogen-bond donors (Lipinski definition) is 1. The van der Waals surface area contributed by atoms with Crippen molar-refractivity contribution < 1.29 is 14.3 Å². The second-order valence-corrected chi connectivity index (χ2v) is 5.45. The third kappa shape index (κ3) is 6.37. The molecule has 22 heavy (non-hydrogen) atoms. The minimum atomic E-state index is -0.0630. The Balaban J connectivity index is 2.28. The van der Waals surface area contributed by atoms with Crippen molar-refractivity contribution in [1.29, 1.82) is 0 Å². The summed E-state index contributed by atoms with van der Waals surface area (Å²) in [5.41, 5.74) is 0.598. The minimum Gasteiger partial charge on any atom is -0.493 e. The fourth-order valence-corrected chi connectivity index (χ4v) is 2.36. The number of unbranched alkanes of at least 4 members (excludes halogenated alkanes) is 6. The predicted octanol–water partition coefficient (Wildman–Crippen LogP) is 4.18. The molecule has 0 heterocycles. The maximum atomic E-state index is 12.1. The molecule has 0 aliphatic rings. The van der Waals surface area contributed by atoms with Crippen molar-refractivity contribution in [2.45, 2.75) is 51.9 Å². The van der Waals surface area contributed by atoms with Gasteiger partial charge in [0.2, 0.25) is 0 Å². The van der Waals surface area contributed by atoms with Crippen LogP contribution >= 0.6 is 0 Å². The highest BCUT2D eigenvalue weighted by Gasteiger charge is 2.10. The van der Waals surface area contributed by atoms with E-state index < -0.39 is 0 Å². The average molecular weight is 307 g/mol. The van der Waals surface area contributed by atoms with Gasteiger partial charge in [-0.3, -0.25) is 4.79 Å². The lowest BCUT2D eigenvalue weighted by Crippen LogP contribution is -2.24. The van der Waals surface area contributed by atoms with Crippen LogP contribution in [0.15, 0.2) is 18.2 Å². The smallest absolute Gasteiger partial charge is 0.251 e. The molecule has 0 aliphatic heterocycles. The fraction of sp³-hybridized carbons (Fsp3) is 0.611. The third-order valence-electron chi connectivity index (χ3n) is 3.71. The Bertz CT molecular complexity index is 446. The fourth-order valence-electron chi connectivity index (χ4n) is 2.36. The van der Waals surface area contributed by atoms with Gasteiger partial charge in [-0.05, 0) is 24.6 Å². The summed E-state index contributed by atoms with van der Waals surface area (Å²) in [6, 6.07) is 5.21. The molecule has 0 aliphatic carbocycles. The Hall–Kier alpha value is -1.71. The molecule has 4 heteroatoms. The molecular formula is C18H29NO3. The molecule has 0 saturated carbocycles. The van der Waals surface area contributed by atoms with Crippen LogP contribution in [-0.4, -0.2) is 26.7 Å². The van der Waals surface area contributed by atoms with Gasteiger partial charge in [-0.2, -0.15) is 0 Å². The van der Waals surface area contributed by atoms with Gasteiger partial charge in [0.1, 0.15) is 0 Å². The molecule has 0 atom stereocenters. The van der Waals surface area contributed by atoms with Crippen LogP contribution in [0, 0.1) is 0 Å². The summed E-state index contributed by atoms with van der Waals surface area (Å²) in [6.07, 6.45) is 8.71. The molecule has 0 unspecified atom stereocenters. The van der Waals surface area contributed by atoms with Crippen molar-refractivity contribution in [2.75, 3.05) is 20.8 Å². The first-order chi connectivity index (χ1) is 10.7. The quantitative estimate of drug-likeness (QED) is 0.624. The van der Waals surface area contributed by atoms with Gasteiger partial charge in [-0.25, -0.2) is 0 Å². The average Bonchev–Trinajstić information content (AvgIpc) is 2.56. The molecule has 1 aromatic rings. The van der Waals surface area contributed by atoms with Gasteiger partial charge < -0.3 is 14.8 Å². The second-order valence-electron chi connectivity index (χ2n) is 5.45. The van der Waals surface area contributed by atoms with Crippen LogP contribution in [-0.2, 0) is 0 Å². The number of methoxy groups -OCH3 is 2. The summed E-state index contributed by atoms with van der Waals surface area (Å²) in [4.78, 5) is 12.1. The van der Waals surface area contributed by atoms with Crippen LogP contribution < -0.4 is 14.8 Å². The van der Waals surface area contributed by atoms with E-state index in [0.29, 0.717) is 17.1 Å². The van der Waals surface area contributed by atoms with Gasteiger partial charge in [0.25, 0.3) is 5.91 Å². The number of amides is 1. The number of hydrogen-bond acceptors (Lipinski definition) is 3. The van der Waals surface area contributed by atoms with Crippen molar-refractivity contribution in [1.82, 2.24) is 5.32 Å². The molecule has 124 valence electrons. The first-order valence-corrected chi connectivity index (χ1v) is 8.23. The van der Waals surface area contributed by atoms with Crippen molar-refractivity contribution in [3.63, 3.8) is 0 Å². The summed E-state index contributed by atoms with van der Waals surface area (Å²) in [5, 5.41) is 2.95.